The number of aromatic nitrogens is 1. The molecule has 3 rings (SSSR count). The minimum atomic E-state index is 0. The number of hydrogen-bond acceptors (Lipinski definition) is 3. The van der Waals surface area contributed by atoms with Gasteiger partial charge in [-0.1, -0.05) is 0 Å². The molecule has 3 aromatic rings. The summed E-state index contributed by atoms with van der Waals surface area (Å²) in [6.07, 6.45) is 1.95. The number of fused-ring (bicyclic) bond motifs is 3. The van der Waals surface area contributed by atoms with Crippen LogP contribution in [0, 0.1) is 0 Å². The number of nitrogens with zero attached hydrogens (tertiary/aromatic N) is 1. The van der Waals surface area contributed by atoms with Crippen molar-refractivity contribution in [2.45, 2.75) is 0 Å². The number of rotatable bonds is 0. The van der Waals surface area contributed by atoms with Gasteiger partial charge in [-0.25, -0.2) is 0 Å². The van der Waals surface area contributed by atoms with Gasteiger partial charge < -0.3 is 0 Å². The van der Waals surface area contributed by atoms with E-state index >= 15 is 0 Å². The Morgan fingerprint density at radius 3 is 2.85 bits per heavy atom. The first-order valence-corrected chi connectivity index (χ1v) is 5.40. The topological polar surface area (TPSA) is 12.9 Å². The molecule has 0 bridgehead atoms. The standard InChI is InChI=1S/C9H5NS2.Zn/c1-3-11-8-5-10-7-2-4-12-9(7)6(1)8;/h1-5H;. The van der Waals surface area contributed by atoms with Crippen LogP contribution in [0.15, 0.2) is 29.1 Å². The van der Waals surface area contributed by atoms with Crippen LogP contribution in [0.2, 0.25) is 0 Å². The molecule has 0 N–H and O–H groups in total. The Bertz CT molecular complexity index is 491. The van der Waals surface area contributed by atoms with Crippen molar-refractivity contribution in [3.8, 4) is 0 Å². The molecule has 0 unspecified atom stereocenters. The van der Waals surface area contributed by atoms with Gasteiger partial charge >= 0.3 is 0 Å². The summed E-state index contributed by atoms with van der Waals surface area (Å²) >= 11 is 3.52. The van der Waals surface area contributed by atoms with Gasteiger partial charge in [0.1, 0.15) is 0 Å². The number of pyridine rings is 1. The van der Waals surface area contributed by atoms with E-state index in [4.69, 9.17) is 0 Å². The molecule has 0 saturated heterocycles. The van der Waals surface area contributed by atoms with E-state index in [1.54, 1.807) is 22.7 Å². The molecule has 3 heterocycles. The van der Waals surface area contributed by atoms with E-state index < -0.39 is 0 Å². The second-order valence-corrected chi connectivity index (χ2v) is 4.46. The Morgan fingerprint density at radius 2 is 1.92 bits per heavy atom. The molecular formula is C9H5NS2Zn. The zero-order chi connectivity index (χ0) is 7.97. The van der Waals surface area contributed by atoms with Gasteiger partial charge in [-0.2, -0.15) is 0 Å². The summed E-state index contributed by atoms with van der Waals surface area (Å²) in [4.78, 5) is 4.36. The van der Waals surface area contributed by atoms with Crippen LogP contribution in [0.5, 0.6) is 0 Å². The fourth-order valence-electron chi connectivity index (χ4n) is 1.34. The van der Waals surface area contributed by atoms with Crippen molar-refractivity contribution in [3.05, 3.63) is 29.1 Å². The monoisotopic (exact) mass is 255 g/mol. The van der Waals surface area contributed by atoms with Gasteiger partial charge in [0.2, 0.25) is 0 Å². The van der Waals surface area contributed by atoms with Crippen molar-refractivity contribution < 1.29 is 19.5 Å². The first-order valence-electron chi connectivity index (χ1n) is 3.64. The fourth-order valence-corrected chi connectivity index (χ4v) is 3.05. The molecule has 0 fully saturated rings. The van der Waals surface area contributed by atoms with E-state index in [-0.39, 0.29) is 19.5 Å². The largest absolute Gasteiger partial charge is 0.254 e. The van der Waals surface area contributed by atoms with E-state index in [1.807, 2.05) is 6.20 Å². The zero-order valence-corrected chi connectivity index (χ0v) is 11.5. The van der Waals surface area contributed by atoms with Crippen LogP contribution in [-0.2, 0) is 19.5 Å². The van der Waals surface area contributed by atoms with E-state index in [9.17, 15) is 0 Å². The molecular weight excluding hydrogens is 252 g/mol. The molecule has 0 spiro atoms. The summed E-state index contributed by atoms with van der Waals surface area (Å²) in [6, 6.07) is 4.23. The van der Waals surface area contributed by atoms with Gasteiger partial charge in [0.15, 0.2) is 0 Å². The third-order valence-corrected chi connectivity index (χ3v) is 3.69. The summed E-state index contributed by atoms with van der Waals surface area (Å²) in [6.45, 7) is 0. The van der Waals surface area contributed by atoms with E-state index in [0.29, 0.717) is 0 Å². The molecule has 0 aliphatic carbocycles. The SMILES string of the molecule is [Zn].c1cc2c(cnc3ccsc32)s1. The predicted molar refractivity (Wildman–Crippen MR) is 55.0 cm³/mol. The zero-order valence-electron chi connectivity index (χ0n) is 6.86. The Kier molecular flexibility index (Phi) is 2.45. The minimum absolute atomic E-state index is 0. The van der Waals surface area contributed by atoms with Crippen LogP contribution in [0.4, 0.5) is 0 Å². The number of hydrogen-bond donors (Lipinski definition) is 0. The van der Waals surface area contributed by atoms with Crippen molar-refractivity contribution in [1.82, 2.24) is 4.98 Å². The summed E-state index contributed by atoms with van der Waals surface area (Å²) in [5.41, 5.74) is 1.12. The second kappa shape index (κ2) is 3.45. The van der Waals surface area contributed by atoms with Crippen molar-refractivity contribution in [2.24, 2.45) is 0 Å². The Hall–Kier alpha value is -0.307. The van der Waals surface area contributed by atoms with E-state index in [2.05, 4.69) is 27.9 Å². The molecule has 1 nitrogen and oxygen atoms in total. The summed E-state index contributed by atoms with van der Waals surface area (Å²) in [7, 11) is 0. The number of thiophene rings is 2. The first kappa shape index (κ1) is 9.26. The van der Waals surface area contributed by atoms with Crippen molar-refractivity contribution in [3.63, 3.8) is 0 Å². The molecule has 0 atom stereocenters. The molecule has 13 heavy (non-hydrogen) atoms. The van der Waals surface area contributed by atoms with Gasteiger partial charge in [0, 0.05) is 31.1 Å². The van der Waals surface area contributed by atoms with Crippen molar-refractivity contribution in [1.29, 1.82) is 0 Å². The molecule has 0 aromatic carbocycles. The maximum absolute atomic E-state index is 4.36. The van der Waals surface area contributed by atoms with Crippen LogP contribution in [0.25, 0.3) is 20.3 Å². The Morgan fingerprint density at radius 1 is 1.08 bits per heavy atom. The molecule has 0 amide bonds. The minimum Gasteiger partial charge on any atom is -0.254 e. The third-order valence-electron chi connectivity index (χ3n) is 1.91. The van der Waals surface area contributed by atoms with E-state index in [1.165, 1.54) is 14.8 Å². The van der Waals surface area contributed by atoms with Gasteiger partial charge in [0.25, 0.3) is 0 Å². The molecule has 0 saturated carbocycles. The average Bonchev–Trinajstić information content (AvgIpc) is 2.71. The van der Waals surface area contributed by atoms with Crippen LogP contribution in [0.3, 0.4) is 0 Å². The van der Waals surface area contributed by atoms with Crippen LogP contribution in [0.1, 0.15) is 0 Å². The third kappa shape index (κ3) is 1.33. The Balaban J connectivity index is 0.000000653. The van der Waals surface area contributed by atoms with Crippen LogP contribution < -0.4 is 0 Å². The molecule has 0 radical (unpaired) electrons. The molecule has 3 aromatic heterocycles. The smallest absolute Gasteiger partial charge is 0.0816 e. The fraction of sp³-hybridized carbons (Fsp3) is 0. The molecule has 0 aliphatic rings. The normalized spacial score (nSPS) is 10.5. The molecule has 4 heteroatoms. The average molecular weight is 257 g/mol. The van der Waals surface area contributed by atoms with Gasteiger partial charge in [-0.3, -0.25) is 4.98 Å². The van der Waals surface area contributed by atoms with E-state index in [0.717, 1.165) is 5.52 Å². The van der Waals surface area contributed by atoms with Gasteiger partial charge in [0.05, 0.1) is 14.9 Å². The summed E-state index contributed by atoms with van der Waals surface area (Å²) < 4.78 is 2.60. The van der Waals surface area contributed by atoms with Crippen molar-refractivity contribution in [2.75, 3.05) is 0 Å². The Labute approximate surface area is 96.2 Å². The second-order valence-electron chi connectivity index (χ2n) is 2.59. The summed E-state index contributed by atoms with van der Waals surface area (Å²) in [5, 5.41) is 5.56. The maximum Gasteiger partial charge on any atom is 0.0816 e. The van der Waals surface area contributed by atoms with Gasteiger partial charge in [-0.15, -0.1) is 22.7 Å². The maximum atomic E-state index is 4.36. The first-order chi connectivity index (χ1) is 5.95. The van der Waals surface area contributed by atoms with Crippen LogP contribution in [-0.4, -0.2) is 4.98 Å². The van der Waals surface area contributed by atoms with Crippen molar-refractivity contribution >= 4 is 43.0 Å². The van der Waals surface area contributed by atoms with Crippen LogP contribution >= 0.6 is 22.7 Å². The quantitative estimate of drug-likeness (QED) is 0.561. The predicted octanol–water partition coefficient (Wildman–Crippen LogP) is 3.51. The molecule has 60 valence electrons. The molecule has 0 aliphatic heterocycles. The summed E-state index contributed by atoms with van der Waals surface area (Å²) in [5.74, 6) is 0. The van der Waals surface area contributed by atoms with Gasteiger partial charge in [-0.05, 0) is 22.9 Å².